The summed E-state index contributed by atoms with van der Waals surface area (Å²) in [5.74, 6) is 0.624. The van der Waals surface area contributed by atoms with E-state index in [2.05, 4.69) is 17.6 Å². The number of hydrogen-bond acceptors (Lipinski definition) is 4. The molecule has 0 bridgehead atoms. The maximum absolute atomic E-state index is 11.8. The minimum absolute atomic E-state index is 0.279. The summed E-state index contributed by atoms with van der Waals surface area (Å²) >= 11 is 0. The molecule has 1 fully saturated rings. The molecular weight excluding hydrogens is 268 g/mol. The molecule has 0 aromatic heterocycles. The third-order valence-corrected chi connectivity index (χ3v) is 3.75. The van der Waals surface area contributed by atoms with Crippen molar-refractivity contribution >= 4 is 6.09 Å². The summed E-state index contributed by atoms with van der Waals surface area (Å²) in [6.07, 6.45) is 4.69. The highest BCUT2D eigenvalue weighted by Crippen LogP contribution is 2.27. The van der Waals surface area contributed by atoms with Gasteiger partial charge >= 0.3 is 6.09 Å². The molecule has 1 saturated carbocycles. The fraction of sp³-hybridized carbons (Fsp3) is 0.938. The van der Waals surface area contributed by atoms with Crippen LogP contribution in [0.25, 0.3) is 0 Å². The molecule has 0 radical (unpaired) electrons. The van der Waals surface area contributed by atoms with Gasteiger partial charge in [-0.05, 0) is 46.5 Å². The van der Waals surface area contributed by atoms with Crippen LogP contribution in [0.4, 0.5) is 4.79 Å². The molecule has 0 aromatic rings. The van der Waals surface area contributed by atoms with Crippen molar-refractivity contribution in [2.75, 3.05) is 20.3 Å². The first-order valence-corrected chi connectivity index (χ1v) is 8.03. The number of amides is 1. The van der Waals surface area contributed by atoms with Gasteiger partial charge in [0.05, 0.1) is 6.61 Å². The molecule has 2 N–H and O–H groups in total. The molecule has 21 heavy (non-hydrogen) atoms. The van der Waals surface area contributed by atoms with E-state index in [-0.39, 0.29) is 18.2 Å². The number of carbonyl (C=O) groups is 1. The van der Waals surface area contributed by atoms with Crippen molar-refractivity contribution in [1.29, 1.82) is 0 Å². The van der Waals surface area contributed by atoms with E-state index in [0.717, 1.165) is 0 Å². The topological polar surface area (TPSA) is 59.6 Å². The van der Waals surface area contributed by atoms with Gasteiger partial charge in [-0.3, -0.25) is 0 Å². The second-order valence-electron chi connectivity index (χ2n) is 7.06. The van der Waals surface area contributed by atoms with Crippen LogP contribution >= 0.6 is 0 Å². The maximum atomic E-state index is 11.8. The van der Waals surface area contributed by atoms with Crippen molar-refractivity contribution in [3.8, 4) is 0 Å². The van der Waals surface area contributed by atoms with Gasteiger partial charge in [0, 0.05) is 25.7 Å². The molecule has 5 heteroatoms. The molecular formula is C16H32N2O3. The van der Waals surface area contributed by atoms with Crippen molar-refractivity contribution in [3.63, 3.8) is 0 Å². The van der Waals surface area contributed by atoms with Gasteiger partial charge in [-0.1, -0.05) is 12.8 Å². The maximum Gasteiger partial charge on any atom is 0.407 e. The Labute approximate surface area is 129 Å². The Kier molecular flexibility index (Phi) is 7.46. The third kappa shape index (κ3) is 7.67. The zero-order valence-corrected chi connectivity index (χ0v) is 14.2. The van der Waals surface area contributed by atoms with Gasteiger partial charge in [-0.15, -0.1) is 0 Å². The lowest BCUT2D eigenvalue weighted by Gasteiger charge is -2.29. The lowest BCUT2D eigenvalue weighted by atomic mass is 9.97. The first-order chi connectivity index (χ1) is 9.81. The van der Waals surface area contributed by atoms with Gasteiger partial charge in [0.1, 0.15) is 5.60 Å². The number of ether oxygens (including phenoxy) is 2. The van der Waals surface area contributed by atoms with Gasteiger partial charge < -0.3 is 20.1 Å². The average molecular weight is 300 g/mol. The smallest absolute Gasteiger partial charge is 0.407 e. The molecule has 1 aliphatic rings. The fourth-order valence-corrected chi connectivity index (χ4v) is 2.89. The summed E-state index contributed by atoms with van der Waals surface area (Å²) in [6.45, 7) is 9.02. The predicted octanol–water partition coefficient (Wildman–Crippen LogP) is 2.69. The van der Waals surface area contributed by atoms with Crippen molar-refractivity contribution in [3.05, 3.63) is 0 Å². The Morgan fingerprint density at radius 1 is 1.29 bits per heavy atom. The van der Waals surface area contributed by atoms with E-state index in [1.165, 1.54) is 25.7 Å². The van der Waals surface area contributed by atoms with E-state index >= 15 is 0 Å². The zero-order chi connectivity index (χ0) is 15.9. The quantitative estimate of drug-likeness (QED) is 0.759. The minimum atomic E-state index is -0.455. The molecule has 0 aliphatic heterocycles. The van der Waals surface area contributed by atoms with Crippen LogP contribution in [0, 0.1) is 5.92 Å². The highest BCUT2D eigenvalue weighted by molar-refractivity contribution is 5.67. The molecule has 5 nitrogen and oxygen atoms in total. The number of alkyl carbamates (subject to hydrolysis) is 1. The zero-order valence-electron chi connectivity index (χ0n) is 14.2. The van der Waals surface area contributed by atoms with Gasteiger partial charge in [0.25, 0.3) is 0 Å². The second kappa shape index (κ2) is 8.59. The summed E-state index contributed by atoms with van der Waals surface area (Å²) < 4.78 is 10.5. The normalized spacial score (nSPS) is 19.3. The predicted molar refractivity (Wildman–Crippen MR) is 84.5 cm³/mol. The summed E-state index contributed by atoms with van der Waals surface area (Å²) in [5, 5.41) is 6.48. The molecule has 1 aliphatic carbocycles. The first kappa shape index (κ1) is 18.2. The van der Waals surface area contributed by atoms with Crippen LogP contribution < -0.4 is 10.6 Å². The molecule has 0 saturated heterocycles. The molecule has 1 rings (SSSR count). The lowest BCUT2D eigenvalue weighted by Crippen LogP contribution is -2.50. The number of rotatable bonds is 7. The number of methoxy groups -OCH3 is 1. The minimum Gasteiger partial charge on any atom is -0.444 e. The van der Waals surface area contributed by atoms with E-state index in [4.69, 9.17) is 9.47 Å². The Bertz CT molecular complexity index is 309. The molecule has 0 aromatic carbocycles. The Morgan fingerprint density at radius 2 is 1.90 bits per heavy atom. The van der Waals surface area contributed by atoms with E-state index < -0.39 is 5.60 Å². The van der Waals surface area contributed by atoms with E-state index in [9.17, 15) is 4.79 Å². The summed E-state index contributed by atoms with van der Waals surface area (Å²) in [6, 6.07) is 0.561. The summed E-state index contributed by atoms with van der Waals surface area (Å²) in [4.78, 5) is 11.8. The summed E-state index contributed by atoms with van der Waals surface area (Å²) in [7, 11) is 1.71. The van der Waals surface area contributed by atoms with Crippen LogP contribution in [0.5, 0.6) is 0 Å². The van der Waals surface area contributed by atoms with Gasteiger partial charge in [-0.2, -0.15) is 0 Å². The van der Waals surface area contributed by atoms with Crippen LogP contribution in [0.3, 0.4) is 0 Å². The highest BCUT2D eigenvalue weighted by atomic mass is 16.6. The Morgan fingerprint density at radius 3 is 2.43 bits per heavy atom. The monoisotopic (exact) mass is 300 g/mol. The molecule has 2 unspecified atom stereocenters. The van der Waals surface area contributed by atoms with E-state index in [0.29, 0.717) is 19.1 Å². The number of carbonyl (C=O) groups excluding carboxylic acids is 1. The van der Waals surface area contributed by atoms with Crippen LogP contribution in [-0.2, 0) is 9.47 Å². The van der Waals surface area contributed by atoms with Crippen LogP contribution in [-0.4, -0.2) is 44.0 Å². The number of hydrogen-bond donors (Lipinski definition) is 2. The molecule has 124 valence electrons. The Balaban J connectivity index is 2.46. The molecule has 0 heterocycles. The highest BCUT2D eigenvalue weighted by Gasteiger charge is 2.27. The van der Waals surface area contributed by atoms with Gasteiger partial charge in [0.15, 0.2) is 0 Å². The van der Waals surface area contributed by atoms with Gasteiger partial charge in [0.2, 0.25) is 0 Å². The Hall–Kier alpha value is -0.810. The second-order valence-corrected chi connectivity index (χ2v) is 7.06. The molecule has 1 amide bonds. The van der Waals surface area contributed by atoms with Crippen molar-refractivity contribution in [2.24, 2.45) is 5.92 Å². The van der Waals surface area contributed by atoms with Crippen molar-refractivity contribution in [2.45, 2.75) is 71.1 Å². The molecule has 0 spiro atoms. The largest absolute Gasteiger partial charge is 0.444 e. The van der Waals surface area contributed by atoms with Crippen LogP contribution in [0.15, 0.2) is 0 Å². The van der Waals surface area contributed by atoms with Crippen LogP contribution in [0.1, 0.15) is 53.4 Å². The average Bonchev–Trinajstić information content (AvgIpc) is 2.86. The van der Waals surface area contributed by atoms with Gasteiger partial charge in [-0.25, -0.2) is 4.79 Å². The van der Waals surface area contributed by atoms with Crippen molar-refractivity contribution < 1.29 is 14.3 Å². The van der Waals surface area contributed by atoms with E-state index in [1.807, 2.05) is 20.8 Å². The summed E-state index contributed by atoms with van der Waals surface area (Å²) in [5.41, 5.74) is -0.455. The first-order valence-electron chi connectivity index (χ1n) is 8.03. The fourth-order valence-electron chi connectivity index (χ4n) is 2.89. The lowest BCUT2D eigenvalue weighted by molar-refractivity contribution is 0.0515. The van der Waals surface area contributed by atoms with E-state index in [1.54, 1.807) is 7.11 Å². The third-order valence-electron chi connectivity index (χ3n) is 3.75. The molecule has 2 atom stereocenters. The SMILES string of the molecule is COCC(C)NC(CNC(=O)OC(C)(C)C)C1CCCC1. The van der Waals surface area contributed by atoms with Crippen LogP contribution in [0.2, 0.25) is 0 Å². The van der Waals surface area contributed by atoms with Crippen molar-refractivity contribution in [1.82, 2.24) is 10.6 Å². The standard InChI is InChI=1S/C16H32N2O3/c1-12(11-20-5)18-14(13-8-6-7-9-13)10-17-15(19)21-16(2,3)4/h12-14,18H,6-11H2,1-5H3,(H,17,19). The number of nitrogens with one attached hydrogen (secondary N) is 2.